The number of para-hydroxylation sites is 1. The number of likely N-dealkylation sites (tertiary alicyclic amines) is 1. The molecule has 1 saturated heterocycles. The van der Waals surface area contributed by atoms with Crippen molar-refractivity contribution in [2.75, 3.05) is 26.2 Å². The van der Waals surface area contributed by atoms with Gasteiger partial charge in [-0.3, -0.25) is 4.79 Å². The Labute approximate surface area is 140 Å². The molecule has 1 N–H and O–H groups in total. The number of rotatable bonds is 8. The van der Waals surface area contributed by atoms with Crippen LogP contribution in [-0.4, -0.2) is 43.1 Å². The van der Waals surface area contributed by atoms with Crippen LogP contribution < -0.4 is 10.1 Å². The minimum atomic E-state index is -0.471. The van der Waals surface area contributed by atoms with Gasteiger partial charge in [0.15, 0.2) is 6.10 Å². The molecule has 1 heterocycles. The van der Waals surface area contributed by atoms with Crippen LogP contribution in [0, 0.1) is 0 Å². The van der Waals surface area contributed by atoms with Crippen LogP contribution in [0.15, 0.2) is 24.3 Å². The van der Waals surface area contributed by atoms with Gasteiger partial charge in [-0.2, -0.15) is 0 Å². The van der Waals surface area contributed by atoms with Gasteiger partial charge in [0.2, 0.25) is 0 Å². The van der Waals surface area contributed by atoms with Gasteiger partial charge in [0.05, 0.1) is 0 Å². The zero-order chi connectivity index (χ0) is 16.7. The van der Waals surface area contributed by atoms with Gasteiger partial charge in [0.1, 0.15) is 5.75 Å². The quantitative estimate of drug-likeness (QED) is 0.749. The Morgan fingerprint density at radius 2 is 1.91 bits per heavy atom. The van der Waals surface area contributed by atoms with Crippen molar-refractivity contribution in [2.45, 2.75) is 52.1 Å². The van der Waals surface area contributed by atoms with Crippen LogP contribution in [0.25, 0.3) is 0 Å². The summed E-state index contributed by atoms with van der Waals surface area (Å²) in [6, 6.07) is 7.94. The summed E-state index contributed by atoms with van der Waals surface area (Å²) in [6.45, 7) is 10.3. The number of nitrogens with zero attached hydrogens (tertiary/aromatic N) is 1. The maximum absolute atomic E-state index is 12.2. The summed E-state index contributed by atoms with van der Waals surface area (Å²) in [7, 11) is 0. The van der Waals surface area contributed by atoms with E-state index in [1.54, 1.807) is 0 Å². The van der Waals surface area contributed by atoms with E-state index in [9.17, 15) is 4.79 Å². The predicted octanol–water partition coefficient (Wildman–Crippen LogP) is 3.18. The molecule has 1 aromatic rings. The Morgan fingerprint density at radius 1 is 1.22 bits per heavy atom. The number of carbonyl (C=O) groups excluding carboxylic acids is 1. The molecule has 2 rings (SSSR count). The first-order valence-electron chi connectivity index (χ1n) is 8.83. The zero-order valence-corrected chi connectivity index (χ0v) is 14.7. The molecule has 23 heavy (non-hydrogen) atoms. The van der Waals surface area contributed by atoms with E-state index in [4.69, 9.17) is 4.74 Å². The molecule has 0 aliphatic carbocycles. The molecular weight excluding hydrogens is 288 g/mol. The highest BCUT2D eigenvalue weighted by molar-refractivity contribution is 5.80. The van der Waals surface area contributed by atoms with Crippen LogP contribution in [0.4, 0.5) is 0 Å². The molecule has 1 atom stereocenters. The summed E-state index contributed by atoms with van der Waals surface area (Å²) in [5, 5.41) is 2.98. The highest BCUT2D eigenvalue weighted by Crippen LogP contribution is 2.26. The molecule has 1 fully saturated rings. The Bertz CT molecular complexity index is 496. The van der Waals surface area contributed by atoms with Crippen molar-refractivity contribution in [3.8, 4) is 5.75 Å². The number of amides is 1. The second kappa shape index (κ2) is 8.92. The Hall–Kier alpha value is -1.55. The van der Waals surface area contributed by atoms with Gasteiger partial charge >= 0.3 is 0 Å². The molecule has 1 amide bonds. The molecule has 0 bridgehead atoms. The largest absolute Gasteiger partial charge is 0.481 e. The van der Waals surface area contributed by atoms with Crippen molar-refractivity contribution in [1.82, 2.24) is 10.2 Å². The molecule has 1 aromatic carbocycles. The average molecular weight is 318 g/mol. The van der Waals surface area contributed by atoms with Crippen LogP contribution in [0.5, 0.6) is 5.75 Å². The fraction of sp³-hybridized carbons (Fsp3) is 0.632. The predicted molar refractivity (Wildman–Crippen MR) is 93.9 cm³/mol. The number of hydrogen-bond donors (Lipinski definition) is 1. The zero-order valence-electron chi connectivity index (χ0n) is 14.7. The third-order valence-corrected chi connectivity index (χ3v) is 4.36. The monoisotopic (exact) mass is 318 g/mol. The van der Waals surface area contributed by atoms with E-state index in [-0.39, 0.29) is 5.91 Å². The van der Waals surface area contributed by atoms with Gasteiger partial charge in [0.25, 0.3) is 5.91 Å². The minimum absolute atomic E-state index is 0.0371. The number of ether oxygens (including phenoxy) is 1. The first kappa shape index (κ1) is 17.8. The van der Waals surface area contributed by atoms with E-state index >= 15 is 0 Å². The van der Waals surface area contributed by atoms with E-state index in [2.05, 4.69) is 30.1 Å². The fourth-order valence-corrected chi connectivity index (χ4v) is 2.97. The normalized spacial score (nSPS) is 16.5. The number of benzene rings is 1. The van der Waals surface area contributed by atoms with E-state index in [0.29, 0.717) is 5.92 Å². The molecule has 0 radical (unpaired) electrons. The lowest BCUT2D eigenvalue weighted by Gasteiger charge is -2.19. The van der Waals surface area contributed by atoms with Gasteiger partial charge in [-0.15, -0.1) is 0 Å². The van der Waals surface area contributed by atoms with Crippen molar-refractivity contribution in [3.05, 3.63) is 29.8 Å². The van der Waals surface area contributed by atoms with Crippen LogP contribution >= 0.6 is 0 Å². The van der Waals surface area contributed by atoms with Crippen molar-refractivity contribution in [2.24, 2.45) is 0 Å². The summed E-state index contributed by atoms with van der Waals surface area (Å²) in [6.07, 6.45) is 3.15. The summed E-state index contributed by atoms with van der Waals surface area (Å²) >= 11 is 0. The van der Waals surface area contributed by atoms with Crippen molar-refractivity contribution >= 4 is 5.91 Å². The summed E-state index contributed by atoms with van der Waals surface area (Å²) in [4.78, 5) is 14.6. The molecule has 0 saturated carbocycles. The SMILES string of the molecule is CC(C)c1ccccc1O[C@H](C)C(=O)NCCCN1CCCC1. The first-order valence-corrected chi connectivity index (χ1v) is 8.83. The van der Waals surface area contributed by atoms with Crippen LogP contribution in [-0.2, 0) is 4.79 Å². The van der Waals surface area contributed by atoms with Crippen LogP contribution in [0.2, 0.25) is 0 Å². The van der Waals surface area contributed by atoms with Gasteiger partial charge in [-0.25, -0.2) is 0 Å². The smallest absolute Gasteiger partial charge is 0.260 e. The van der Waals surface area contributed by atoms with Crippen molar-refractivity contribution < 1.29 is 9.53 Å². The molecule has 0 unspecified atom stereocenters. The number of hydrogen-bond acceptors (Lipinski definition) is 3. The lowest BCUT2D eigenvalue weighted by Crippen LogP contribution is -2.37. The van der Waals surface area contributed by atoms with E-state index in [1.807, 2.05) is 25.1 Å². The molecule has 1 aliphatic heterocycles. The third-order valence-electron chi connectivity index (χ3n) is 4.36. The highest BCUT2D eigenvalue weighted by atomic mass is 16.5. The lowest BCUT2D eigenvalue weighted by molar-refractivity contribution is -0.127. The number of carbonyl (C=O) groups is 1. The molecule has 0 aromatic heterocycles. The molecule has 4 heteroatoms. The number of nitrogens with one attached hydrogen (secondary N) is 1. The molecular formula is C19H30N2O2. The van der Waals surface area contributed by atoms with Crippen molar-refractivity contribution in [3.63, 3.8) is 0 Å². The van der Waals surface area contributed by atoms with E-state index in [0.717, 1.165) is 30.8 Å². The third kappa shape index (κ3) is 5.54. The van der Waals surface area contributed by atoms with Gasteiger partial charge in [-0.1, -0.05) is 32.0 Å². The van der Waals surface area contributed by atoms with Gasteiger partial charge in [0, 0.05) is 6.54 Å². The van der Waals surface area contributed by atoms with E-state index < -0.39 is 6.10 Å². The first-order chi connectivity index (χ1) is 11.1. The van der Waals surface area contributed by atoms with E-state index in [1.165, 1.54) is 25.9 Å². The topological polar surface area (TPSA) is 41.6 Å². The Morgan fingerprint density at radius 3 is 2.61 bits per heavy atom. The molecule has 1 aliphatic rings. The van der Waals surface area contributed by atoms with Gasteiger partial charge < -0.3 is 15.0 Å². The second-order valence-electron chi connectivity index (χ2n) is 6.65. The highest BCUT2D eigenvalue weighted by Gasteiger charge is 2.17. The second-order valence-corrected chi connectivity index (χ2v) is 6.65. The summed E-state index contributed by atoms with van der Waals surface area (Å²) < 4.78 is 5.88. The standard InChI is InChI=1S/C19H30N2O2/c1-15(2)17-9-4-5-10-18(17)23-16(3)19(22)20-11-8-14-21-12-6-7-13-21/h4-5,9-10,15-16H,6-8,11-14H2,1-3H3,(H,20,22)/t16-/m1/s1. The molecule has 0 spiro atoms. The van der Waals surface area contributed by atoms with Crippen LogP contribution in [0.1, 0.15) is 51.5 Å². The lowest BCUT2D eigenvalue weighted by atomic mass is 10.0. The maximum Gasteiger partial charge on any atom is 0.260 e. The van der Waals surface area contributed by atoms with Crippen LogP contribution in [0.3, 0.4) is 0 Å². The Balaban J connectivity index is 1.74. The summed E-state index contributed by atoms with van der Waals surface area (Å²) in [5.41, 5.74) is 1.14. The van der Waals surface area contributed by atoms with Gasteiger partial charge in [-0.05, 0) is 63.4 Å². The summed E-state index contributed by atoms with van der Waals surface area (Å²) in [5.74, 6) is 1.15. The molecule has 4 nitrogen and oxygen atoms in total. The minimum Gasteiger partial charge on any atom is -0.481 e. The molecule has 128 valence electrons. The van der Waals surface area contributed by atoms with Crippen molar-refractivity contribution in [1.29, 1.82) is 0 Å². The fourth-order valence-electron chi connectivity index (χ4n) is 2.97. The average Bonchev–Trinajstić information content (AvgIpc) is 3.05. The maximum atomic E-state index is 12.2. The Kier molecular flexibility index (Phi) is 6.90.